The van der Waals surface area contributed by atoms with E-state index in [2.05, 4.69) is 15.0 Å². The molecule has 0 saturated carbocycles. The number of piperazine rings is 1. The van der Waals surface area contributed by atoms with Gasteiger partial charge in [-0.2, -0.15) is 4.98 Å². The van der Waals surface area contributed by atoms with Crippen molar-refractivity contribution >= 4 is 28.6 Å². The van der Waals surface area contributed by atoms with Crippen molar-refractivity contribution in [3.63, 3.8) is 0 Å². The topological polar surface area (TPSA) is 62.5 Å². The van der Waals surface area contributed by atoms with Crippen molar-refractivity contribution in [1.29, 1.82) is 0 Å². The quantitative estimate of drug-likeness (QED) is 0.685. The lowest BCUT2D eigenvalue weighted by Crippen LogP contribution is -2.48. The molecule has 1 aliphatic rings. The molecule has 0 spiro atoms. The third kappa shape index (κ3) is 3.58. The summed E-state index contributed by atoms with van der Waals surface area (Å²) in [5.41, 5.74) is 0.846. The fourth-order valence-electron chi connectivity index (χ4n) is 3.14. The number of carbonyl (C=O) groups is 1. The molecule has 0 N–H and O–H groups in total. The molecule has 3 aromatic heterocycles. The van der Waals surface area contributed by atoms with Crippen LogP contribution in [0.5, 0.6) is 0 Å². The minimum Gasteiger partial charge on any atom is -0.338 e. The fraction of sp³-hybridized carbons (Fsp3) is 0.389. The average Bonchev–Trinajstić information content (AvgIpc) is 3.36. The first-order valence-corrected chi connectivity index (χ1v) is 10.2. The molecule has 6 nitrogen and oxygen atoms in total. The van der Waals surface area contributed by atoms with E-state index in [1.54, 1.807) is 22.7 Å². The molecule has 136 valence electrons. The predicted octanol–water partition coefficient (Wildman–Crippen LogP) is 3.43. The van der Waals surface area contributed by atoms with Gasteiger partial charge in [0.1, 0.15) is 0 Å². The van der Waals surface area contributed by atoms with Crippen LogP contribution in [0.4, 0.5) is 0 Å². The van der Waals surface area contributed by atoms with Crippen molar-refractivity contribution in [2.75, 3.05) is 26.2 Å². The highest BCUT2D eigenvalue weighted by Gasteiger charge is 2.25. The van der Waals surface area contributed by atoms with Crippen molar-refractivity contribution in [3.05, 3.63) is 44.8 Å². The number of hydrogen-bond donors (Lipinski definition) is 0. The maximum Gasteiger partial charge on any atom is 0.255 e. The Morgan fingerprint density at radius 2 is 2.08 bits per heavy atom. The van der Waals surface area contributed by atoms with Crippen molar-refractivity contribution in [1.82, 2.24) is 19.9 Å². The van der Waals surface area contributed by atoms with Crippen LogP contribution in [-0.4, -0.2) is 52.0 Å². The van der Waals surface area contributed by atoms with Gasteiger partial charge in [-0.1, -0.05) is 11.2 Å². The molecule has 4 heterocycles. The molecule has 8 heteroatoms. The maximum absolute atomic E-state index is 12.7. The Morgan fingerprint density at radius 3 is 2.73 bits per heavy atom. The van der Waals surface area contributed by atoms with Crippen molar-refractivity contribution in [2.45, 2.75) is 20.4 Å². The van der Waals surface area contributed by atoms with Crippen LogP contribution in [0, 0.1) is 13.8 Å². The second-order valence-corrected chi connectivity index (χ2v) is 8.79. The van der Waals surface area contributed by atoms with Crippen molar-refractivity contribution in [2.24, 2.45) is 0 Å². The van der Waals surface area contributed by atoms with Gasteiger partial charge in [0.2, 0.25) is 11.7 Å². The zero-order valence-electron chi connectivity index (χ0n) is 14.8. The van der Waals surface area contributed by atoms with Crippen LogP contribution in [0.2, 0.25) is 0 Å². The van der Waals surface area contributed by atoms with Gasteiger partial charge < -0.3 is 9.42 Å². The molecule has 1 fully saturated rings. The fourth-order valence-corrected chi connectivity index (χ4v) is 4.70. The first-order chi connectivity index (χ1) is 12.6. The average molecular weight is 389 g/mol. The van der Waals surface area contributed by atoms with Gasteiger partial charge in [0.05, 0.1) is 17.0 Å². The molecule has 26 heavy (non-hydrogen) atoms. The first-order valence-electron chi connectivity index (χ1n) is 8.55. The number of aryl methyl sites for hydroxylation is 2. The summed E-state index contributed by atoms with van der Waals surface area (Å²) in [6.07, 6.45) is 0. The van der Waals surface area contributed by atoms with Crippen LogP contribution in [0.15, 0.2) is 28.1 Å². The van der Waals surface area contributed by atoms with Gasteiger partial charge in [-0.15, -0.1) is 22.7 Å². The summed E-state index contributed by atoms with van der Waals surface area (Å²) in [5, 5.41) is 6.05. The third-order valence-corrected chi connectivity index (χ3v) is 6.33. The molecular formula is C18H20N4O2S2. The normalized spacial score (nSPS) is 15.5. The zero-order valence-corrected chi connectivity index (χ0v) is 16.4. The van der Waals surface area contributed by atoms with Gasteiger partial charge in [-0.05, 0) is 31.4 Å². The van der Waals surface area contributed by atoms with Crippen molar-refractivity contribution < 1.29 is 9.32 Å². The van der Waals surface area contributed by atoms with Crippen LogP contribution in [-0.2, 0) is 6.54 Å². The highest BCUT2D eigenvalue weighted by molar-refractivity contribution is 7.13. The van der Waals surface area contributed by atoms with E-state index in [0.29, 0.717) is 18.3 Å². The summed E-state index contributed by atoms with van der Waals surface area (Å²) < 4.78 is 5.38. The van der Waals surface area contributed by atoms with Gasteiger partial charge in [0, 0.05) is 35.9 Å². The molecule has 3 aromatic rings. The van der Waals surface area contributed by atoms with E-state index in [4.69, 9.17) is 4.52 Å². The van der Waals surface area contributed by atoms with E-state index < -0.39 is 0 Å². The van der Waals surface area contributed by atoms with E-state index in [1.807, 2.05) is 42.3 Å². The molecular weight excluding hydrogens is 368 g/mol. The molecule has 1 saturated heterocycles. The molecule has 0 bridgehead atoms. The van der Waals surface area contributed by atoms with E-state index in [0.717, 1.165) is 41.5 Å². The van der Waals surface area contributed by atoms with Gasteiger partial charge in [-0.3, -0.25) is 9.69 Å². The number of hydrogen-bond acceptors (Lipinski definition) is 7. The minimum absolute atomic E-state index is 0.143. The van der Waals surface area contributed by atoms with Crippen molar-refractivity contribution in [3.8, 4) is 10.7 Å². The standard InChI is InChI=1S/C18H20N4O2S2/c1-12-10-14(13(2)26-12)18(23)22-7-5-21(6-8-22)11-16-19-17(20-24-16)15-4-3-9-25-15/h3-4,9-10H,5-8,11H2,1-2H3. The molecule has 0 radical (unpaired) electrons. The number of amides is 1. The summed E-state index contributed by atoms with van der Waals surface area (Å²) >= 11 is 3.28. The minimum atomic E-state index is 0.143. The van der Waals surface area contributed by atoms with Crippen LogP contribution in [0.1, 0.15) is 26.0 Å². The Bertz CT molecular complexity index is 892. The van der Waals surface area contributed by atoms with Crippen LogP contribution in [0.3, 0.4) is 0 Å². The Morgan fingerprint density at radius 1 is 1.27 bits per heavy atom. The monoisotopic (exact) mass is 388 g/mol. The van der Waals surface area contributed by atoms with Gasteiger partial charge >= 0.3 is 0 Å². The smallest absolute Gasteiger partial charge is 0.255 e. The highest BCUT2D eigenvalue weighted by atomic mass is 32.1. The SMILES string of the molecule is Cc1cc(C(=O)N2CCN(Cc3nc(-c4cccs4)no3)CC2)c(C)s1. The van der Waals surface area contributed by atoms with Gasteiger partial charge in [0.25, 0.3) is 5.91 Å². The zero-order chi connectivity index (χ0) is 18.1. The lowest BCUT2D eigenvalue weighted by Gasteiger charge is -2.34. The number of aromatic nitrogens is 2. The Balaban J connectivity index is 1.34. The molecule has 1 amide bonds. The Kier molecular flexibility index (Phi) is 4.88. The molecule has 0 aromatic carbocycles. The van der Waals surface area contributed by atoms with Crippen LogP contribution >= 0.6 is 22.7 Å². The lowest BCUT2D eigenvalue weighted by molar-refractivity contribution is 0.0615. The molecule has 0 atom stereocenters. The van der Waals surface area contributed by atoms with E-state index in [-0.39, 0.29) is 5.91 Å². The lowest BCUT2D eigenvalue weighted by atomic mass is 10.2. The summed E-state index contributed by atoms with van der Waals surface area (Å²) in [6, 6.07) is 5.96. The number of carbonyl (C=O) groups excluding carboxylic acids is 1. The molecule has 1 aliphatic heterocycles. The summed E-state index contributed by atoms with van der Waals surface area (Å²) in [5.74, 6) is 1.41. The Labute approximate surface area is 160 Å². The summed E-state index contributed by atoms with van der Waals surface area (Å²) in [6.45, 7) is 7.74. The second kappa shape index (κ2) is 7.30. The highest BCUT2D eigenvalue weighted by Crippen LogP contribution is 2.23. The van der Waals surface area contributed by atoms with E-state index in [9.17, 15) is 4.79 Å². The van der Waals surface area contributed by atoms with E-state index in [1.165, 1.54) is 4.88 Å². The second-order valence-electron chi connectivity index (χ2n) is 6.38. The summed E-state index contributed by atoms with van der Waals surface area (Å²) in [4.78, 5) is 24.7. The molecule has 4 rings (SSSR count). The molecule has 0 unspecified atom stereocenters. The maximum atomic E-state index is 12.7. The van der Waals surface area contributed by atoms with E-state index >= 15 is 0 Å². The third-order valence-electron chi connectivity index (χ3n) is 4.50. The molecule has 0 aliphatic carbocycles. The predicted molar refractivity (Wildman–Crippen MR) is 103 cm³/mol. The Hall–Kier alpha value is -2.03. The van der Waals surface area contributed by atoms with Gasteiger partial charge in [-0.25, -0.2) is 0 Å². The first kappa shape index (κ1) is 17.4. The number of rotatable bonds is 4. The number of nitrogens with zero attached hydrogens (tertiary/aromatic N) is 4. The van der Waals surface area contributed by atoms with Crippen LogP contribution in [0.25, 0.3) is 10.7 Å². The van der Waals surface area contributed by atoms with Gasteiger partial charge in [0.15, 0.2) is 0 Å². The largest absolute Gasteiger partial charge is 0.338 e. The van der Waals surface area contributed by atoms with Crippen LogP contribution < -0.4 is 0 Å². The summed E-state index contributed by atoms with van der Waals surface area (Å²) in [7, 11) is 0. The number of thiophene rings is 2.